The van der Waals surface area contributed by atoms with Gasteiger partial charge in [-0.1, -0.05) is 6.92 Å². The molecule has 6 nitrogen and oxygen atoms in total. The van der Waals surface area contributed by atoms with Crippen LogP contribution in [0.3, 0.4) is 0 Å². The summed E-state index contributed by atoms with van der Waals surface area (Å²) in [5.74, 6) is 0.939. The predicted octanol–water partition coefficient (Wildman–Crippen LogP) is 3.41. The van der Waals surface area contributed by atoms with E-state index in [1.807, 2.05) is 13.0 Å². The summed E-state index contributed by atoms with van der Waals surface area (Å²) in [6.07, 6.45) is 1.54. The van der Waals surface area contributed by atoms with Crippen LogP contribution in [0.15, 0.2) is 41.6 Å². The van der Waals surface area contributed by atoms with Crippen LogP contribution in [0.4, 0.5) is 11.4 Å². The van der Waals surface area contributed by atoms with Crippen LogP contribution in [0.2, 0.25) is 0 Å². The van der Waals surface area contributed by atoms with Crippen molar-refractivity contribution >= 4 is 35.0 Å². The van der Waals surface area contributed by atoms with Gasteiger partial charge in [0.2, 0.25) is 5.91 Å². The number of thioether (sulfide) groups is 1. The number of pyridine rings is 1. The van der Waals surface area contributed by atoms with Gasteiger partial charge in [-0.15, -0.1) is 11.8 Å². The van der Waals surface area contributed by atoms with Crippen molar-refractivity contribution < 1.29 is 14.3 Å². The molecule has 2 N–H and O–H groups in total. The second-order valence-electron chi connectivity index (χ2n) is 4.87. The zero-order valence-corrected chi connectivity index (χ0v) is 14.6. The Labute approximate surface area is 145 Å². The number of ether oxygens (including phenoxy) is 1. The van der Waals surface area contributed by atoms with Crippen LogP contribution in [-0.2, 0) is 4.79 Å². The molecule has 1 aromatic carbocycles. The van der Waals surface area contributed by atoms with E-state index in [9.17, 15) is 9.59 Å². The number of hydrogen-bond acceptors (Lipinski definition) is 5. The first-order chi connectivity index (χ1) is 11.5. The topological polar surface area (TPSA) is 80.3 Å². The fourth-order valence-corrected chi connectivity index (χ4v) is 2.62. The SMILES string of the molecule is CCSc1ccc(C(=O)Nc2cc(NC(C)=O)ccc2OC)cn1. The molecule has 0 saturated heterocycles. The standard InChI is InChI=1S/C17H19N3O3S/c1-4-24-16-8-5-12(10-18-16)17(22)20-14-9-13(19-11(2)21)6-7-15(14)23-3/h5-10H,4H2,1-3H3,(H,19,21)(H,20,22). The third kappa shape index (κ3) is 4.73. The van der Waals surface area contributed by atoms with E-state index < -0.39 is 0 Å². The Balaban J connectivity index is 2.18. The van der Waals surface area contributed by atoms with Gasteiger partial charge in [-0.3, -0.25) is 9.59 Å². The Bertz CT molecular complexity index is 732. The van der Waals surface area contributed by atoms with Gasteiger partial charge < -0.3 is 15.4 Å². The lowest BCUT2D eigenvalue weighted by Crippen LogP contribution is -2.14. The van der Waals surface area contributed by atoms with E-state index in [-0.39, 0.29) is 11.8 Å². The second-order valence-corrected chi connectivity index (χ2v) is 6.15. The number of amides is 2. The molecule has 24 heavy (non-hydrogen) atoms. The maximum Gasteiger partial charge on any atom is 0.257 e. The van der Waals surface area contributed by atoms with Crippen LogP contribution in [0.1, 0.15) is 24.2 Å². The lowest BCUT2D eigenvalue weighted by molar-refractivity contribution is -0.114. The summed E-state index contributed by atoms with van der Waals surface area (Å²) in [6.45, 7) is 3.46. The fraction of sp³-hybridized carbons (Fsp3) is 0.235. The summed E-state index contributed by atoms with van der Waals surface area (Å²) in [7, 11) is 1.52. The highest BCUT2D eigenvalue weighted by Crippen LogP contribution is 2.28. The molecule has 0 fully saturated rings. The number of aromatic nitrogens is 1. The molecule has 0 aliphatic carbocycles. The number of nitrogens with one attached hydrogen (secondary N) is 2. The van der Waals surface area contributed by atoms with Crippen LogP contribution in [0.5, 0.6) is 5.75 Å². The van der Waals surface area contributed by atoms with Crippen LogP contribution < -0.4 is 15.4 Å². The first kappa shape index (κ1) is 17.8. The van der Waals surface area contributed by atoms with Crippen molar-refractivity contribution in [1.29, 1.82) is 0 Å². The third-order valence-corrected chi connectivity index (χ3v) is 3.88. The van der Waals surface area contributed by atoms with Gasteiger partial charge in [-0.05, 0) is 36.1 Å². The minimum Gasteiger partial charge on any atom is -0.495 e. The molecule has 1 heterocycles. The van der Waals surface area contributed by atoms with E-state index in [1.165, 1.54) is 20.2 Å². The van der Waals surface area contributed by atoms with E-state index in [0.717, 1.165) is 10.8 Å². The first-order valence-corrected chi connectivity index (χ1v) is 8.38. The van der Waals surface area contributed by atoms with E-state index in [1.54, 1.807) is 36.0 Å². The van der Waals surface area contributed by atoms with Crippen molar-refractivity contribution in [3.05, 3.63) is 42.1 Å². The van der Waals surface area contributed by atoms with Crippen LogP contribution in [0, 0.1) is 0 Å². The van der Waals surface area contributed by atoms with E-state index >= 15 is 0 Å². The molecule has 126 valence electrons. The lowest BCUT2D eigenvalue weighted by atomic mass is 10.2. The largest absolute Gasteiger partial charge is 0.495 e. The van der Waals surface area contributed by atoms with Crippen molar-refractivity contribution in [1.82, 2.24) is 4.98 Å². The highest BCUT2D eigenvalue weighted by atomic mass is 32.2. The Kier molecular flexibility index (Phi) is 6.20. The number of methoxy groups -OCH3 is 1. The van der Waals surface area contributed by atoms with Gasteiger partial charge in [0.15, 0.2) is 0 Å². The smallest absolute Gasteiger partial charge is 0.257 e. The summed E-state index contributed by atoms with van der Waals surface area (Å²) >= 11 is 1.61. The zero-order chi connectivity index (χ0) is 17.5. The van der Waals surface area contributed by atoms with Crippen molar-refractivity contribution in [3.63, 3.8) is 0 Å². The first-order valence-electron chi connectivity index (χ1n) is 7.39. The van der Waals surface area contributed by atoms with Gasteiger partial charge >= 0.3 is 0 Å². The molecular weight excluding hydrogens is 326 g/mol. The maximum absolute atomic E-state index is 12.4. The molecule has 2 rings (SSSR count). The highest BCUT2D eigenvalue weighted by molar-refractivity contribution is 7.99. The van der Waals surface area contributed by atoms with E-state index in [0.29, 0.717) is 22.7 Å². The zero-order valence-electron chi connectivity index (χ0n) is 13.8. The monoisotopic (exact) mass is 345 g/mol. The summed E-state index contributed by atoms with van der Waals surface area (Å²) in [6, 6.07) is 8.57. The van der Waals surface area contributed by atoms with Crippen molar-refractivity contribution in [2.45, 2.75) is 18.9 Å². The van der Waals surface area contributed by atoms with Crippen LogP contribution >= 0.6 is 11.8 Å². The maximum atomic E-state index is 12.4. The molecule has 0 unspecified atom stereocenters. The minimum atomic E-state index is -0.297. The Morgan fingerprint density at radius 2 is 2.00 bits per heavy atom. The van der Waals surface area contributed by atoms with Crippen LogP contribution in [-0.4, -0.2) is 29.7 Å². The minimum absolute atomic E-state index is 0.189. The number of rotatable bonds is 6. The predicted molar refractivity (Wildman–Crippen MR) is 95.9 cm³/mol. The number of benzene rings is 1. The number of carbonyl (C=O) groups is 2. The Morgan fingerprint density at radius 1 is 1.21 bits per heavy atom. The fourth-order valence-electron chi connectivity index (χ4n) is 2.03. The number of carbonyl (C=O) groups excluding carboxylic acids is 2. The Morgan fingerprint density at radius 3 is 2.58 bits per heavy atom. The van der Waals surface area contributed by atoms with E-state index in [4.69, 9.17) is 4.74 Å². The molecule has 0 spiro atoms. The molecule has 0 radical (unpaired) electrons. The summed E-state index contributed by atoms with van der Waals surface area (Å²) in [5, 5.41) is 6.33. The van der Waals surface area contributed by atoms with Gasteiger partial charge in [0.05, 0.1) is 23.4 Å². The molecular formula is C17H19N3O3S. The Hall–Kier alpha value is -2.54. The quantitative estimate of drug-likeness (QED) is 0.784. The van der Waals surface area contributed by atoms with Crippen molar-refractivity contribution in [2.24, 2.45) is 0 Å². The molecule has 0 saturated carbocycles. The van der Waals surface area contributed by atoms with Crippen LogP contribution in [0.25, 0.3) is 0 Å². The lowest BCUT2D eigenvalue weighted by Gasteiger charge is -2.12. The summed E-state index contributed by atoms with van der Waals surface area (Å²) < 4.78 is 5.25. The van der Waals surface area contributed by atoms with Gasteiger partial charge in [0.1, 0.15) is 5.75 Å². The highest BCUT2D eigenvalue weighted by Gasteiger charge is 2.11. The normalized spacial score (nSPS) is 10.1. The molecule has 2 aromatic rings. The van der Waals surface area contributed by atoms with Gasteiger partial charge in [0, 0.05) is 18.8 Å². The number of nitrogens with zero attached hydrogens (tertiary/aromatic N) is 1. The summed E-state index contributed by atoms with van der Waals surface area (Å²) in [4.78, 5) is 27.8. The van der Waals surface area contributed by atoms with E-state index in [2.05, 4.69) is 15.6 Å². The molecule has 1 aromatic heterocycles. The molecule has 0 aliphatic heterocycles. The van der Waals surface area contributed by atoms with Crippen molar-refractivity contribution in [3.8, 4) is 5.75 Å². The molecule has 0 aliphatic rings. The van der Waals surface area contributed by atoms with Gasteiger partial charge in [-0.2, -0.15) is 0 Å². The van der Waals surface area contributed by atoms with Gasteiger partial charge in [-0.25, -0.2) is 4.98 Å². The molecule has 2 amide bonds. The molecule has 7 heteroatoms. The molecule has 0 atom stereocenters. The third-order valence-electron chi connectivity index (χ3n) is 3.06. The number of hydrogen-bond donors (Lipinski definition) is 2. The molecule has 0 bridgehead atoms. The average Bonchev–Trinajstić information content (AvgIpc) is 2.55. The summed E-state index contributed by atoms with van der Waals surface area (Å²) in [5.41, 5.74) is 1.50. The average molecular weight is 345 g/mol. The van der Waals surface area contributed by atoms with Crippen molar-refractivity contribution in [2.75, 3.05) is 23.5 Å². The van der Waals surface area contributed by atoms with Gasteiger partial charge in [0.25, 0.3) is 5.91 Å². The number of anilines is 2. The second kappa shape index (κ2) is 8.35.